The molecule has 2 heterocycles. The van der Waals surface area contributed by atoms with Crippen LogP contribution in [0.4, 0.5) is 4.79 Å². The number of rotatable bonds is 17. The zero-order valence-corrected chi connectivity index (χ0v) is 33.0. The molecule has 1 saturated carbocycles. The average Bonchev–Trinajstić information content (AvgIpc) is 3.19. The molecule has 2 fully saturated rings. The van der Waals surface area contributed by atoms with Crippen molar-refractivity contribution in [2.24, 2.45) is 22.9 Å². The van der Waals surface area contributed by atoms with Gasteiger partial charge < -0.3 is 43.6 Å². The number of aryl methyl sites for hydroxylation is 2. The van der Waals surface area contributed by atoms with Crippen LogP contribution < -0.4 is 9.47 Å². The fourth-order valence-electron chi connectivity index (χ4n) is 8.97. The number of carbonyl (C=O) groups excluding carboxylic acids is 1. The van der Waals surface area contributed by atoms with Gasteiger partial charge in [-0.15, -0.1) is 6.58 Å². The average molecular weight is 761 g/mol. The minimum atomic E-state index is -1.35. The van der Waals surface area contributed by atoms with Gasteiger partial charge in [-0.25, -0.2) is 4.79 Å². The molecule has 6 rings (SSSR count). The summed E-state index contributed by atoms with van der Waals surface area (Å²) in [7, 11) is 1.73. The standard InChI is InChI=1S/C44H60N2O9/c1-6-23-52-44-39(46(5)43(49)50-7-2)28-37(45-55-40-16-10-13-24-51-40)35-26-31(14-8-11-21-47)34(15-9-12-22-48)41(42(35)44)36-27-33(19-20-38(36)54-44)53-32-18-17-29(3)30(4)25-32/h6,17-20,25-27,31,34,39-42,47-48H,1,7-16,21-24,28H2,2-5H3. The quantitative estimate of drug-likeness (QED) is 0.0929. The highest BCUT2D eigenvalue weighted by atomic mass is 16.8. The molecule has 11 nitrogen and oxygen atoms in total. The van der Waals surface area contributed by atoms with Gasteiger partial charge in [-0.2, -0.15) is 0 Å². The molecular weight excluding hydrogens is 700 g/mol. The molecule has 2 N–H and O–H groups in total. The van der Waals surface area contributed by atoms with Crippen molar-refractivity contribution in [3.8, 4) is 17.2 Å². The lowest BCUT2D eigenvalue weighted by Gasteiger charge is -2.59. The van der Waals surface area contributed by atoms with E-state index in [1.54, 1.807) is 24.9 Å². The first kappa shape index (κ1) is 40.8. The van der Waals surface area contributed by atoms with Gasteiger partial charge in [0.25, 0.3) is 0 Å². The largest absolute Gasteiger partial charge is 0.459 e. The normalized spacial score (nSPS) is 27.6. The van der Waals surface area contributed by atoms with E-state index in [0.717, 1.165) is 73.1 Å². The van der Waals surface area contributed by atoms with Crippen LogP contribution in [0, 0.1) is 31.6 Å². The van der Waals surface area contributed by atoms with Crippen LogP contribution in [0.2, 0.25) is 0 Å². The molecule has 1 saturated heterocycles. The monoisotopic (exact) mass is 760 g/mol. The Balaban J connectivity index is 1.55. The number of carbonyl (C=O) groups is 1. The first-order chi connectivity index (χ1) is 26.7. The van der Waals surface area contributed by atoms with Crippen molar-refractivity contribution in [2.75, 3.05) is 40.1 Å². The molecule has 1 amide bonds. The number of nitrogens with zero attached hydrogens (tertiary/aromatic N) is 2. The summed E-state index contributed by atoms with van der Waals surface area (Å²) in [5.41, 5.74) is 5.02. The number of amides is 1. The Labute approximate surface area is 326 Å². The zero-order chi connectivity index (χ0) is 39.0. The third-order valence-electron chi connectivity index (χ3n) is 11.8. The number of likely N-dealkylation sites (N-methyl/N-ethyl adjacent to an activating group) is 1. The third-order valence-corrected chi connectivity index (χ3v) is 11.8. The second-order valence-electron chi connectivity index (χ2n) is 15.3. The topological polar surface area (TPSA) is 129 Å². The van der Waals surface area contributed by atoms with E-state index in [2.05, 4.69) is 38.6 Å². The summed E-state index contributed by atoms with van der Waals surface area (Å²) in [5.74, 6) is 0.384. The van der Waals surface area contributed by atoms with Gasteiger partial charge in [-0.1, -0.05) is 36.2 Å². The Morgan fingerprint density at radius 1 is 1.04 bits per heavy atom. The highest BCUT2D eigenvalue weighted by molar-refractivity contribution is 6.02. The van der Waals surface area contributed by atoms with Crippen LogP contribution in [0.15, 0.2) is 65.9 Å². The molecule has 300 valence electrons. The van der Waals surface area contributed by atoms with Crippen LogP contribution in [0.3, 0.4) is 0 Å². The maximum Gasteiger partial charge on any atom is 0.409 e. The molecule has 2 aliphatic heterocycles. The van der Waals surface area contributed by atoms with Crippen molar-refractivity contribution >= 4 is 11.8 Å². The van der Waals surface area contributed by atoms with Crippen molar-refractivity contribution in [2.45, 2.75) is 109 Å². The summed E-state index contributed by atoms with van der Waals surface area (Å²) in [5, 5.41) is 24.6. The predicted octanol–water partition coefficient (Wildman–Crippen LogP) is 8.34. The Bertz CT molecular complexity index is 1690. The van der Waals surface area contributed by atoms with E-state index < -0.39 is 30.1 Å². The fraction of sp³-hybridized carbons (Fsp3) is 0.591. The van der Waals surface area contributed by atoms with E-state index in [1.165, 1.54) is 5.56 Å². The van der Waals surface area contributed by atoms with Crippen LogP contribution in [-0.2, 0) is 19.0 Å². The molecule has 11 heteroatoms. The van der Waals surface area contributed by atoms with Crippen LogP contribution in [0.25, 0.3) is 0 Å². The van der Waals surface area contributed by atoms with Gasteiger partial charge >= 0.3 is 6.09 Å². The van der Waals surface area contributed by atoms with Gasteiger partial charge in [0.05, 0.1) is 31.5 Å². The molecule has 0 bridgehead atoms. The molecule has 0 spiro atoms. The predicted molar refractivity (Wildman–Crippen MR) is 210 cm³/mol. The second-order valence-corrected chi connectivity index (χ2v) is 15.3. The van der Waals surface area contributed by atoms with E-state index in [-0.39, 0.29) is 50.6 Å². The van der Waals surface area contributed by atoms with Crippen molar-refractivity contribution in [3.05, 3.63) is 77.4 Å². The smallest absolute Gasteiger partial charge is 0.409 e. The zero-order valence-electron chi connectivity index (χ0n) is 33.0. The van der Waals surface area contributed by atoms with Crippen LogP contribution in [0.5, 0.6) is 17.2 Å². The maximum atomic E-state index is 13.6. The SMILES string of the molecule is C=CCOC12Oc3ccc(Oc4ccc(C)c(C)c4)cc3C3C(CCCCO)C(CCCCO)C=C(C(=NOC4CCCCO4)CC1N(C)C(=O)OCC)C32. The molecule has 0 radical (unpaired) electrons. The molecule has 2 aliphatic carbocycles. The number of fused-ring (bicyclic) bond motifs is 2. The molecule has 2 aromatic rings. The van der Waals surface area contributed by atoms with E-state index in [9.17, 15) is 15.0 Å². The molecule has 7 atom stereocenters. The Hall–Kier alpha value is -3.90. The van der Waals surface area contributed by atoms with Crippen LogP contribution in [-0.4, -0.2) is 85.1 Å². The third kappa shape index (κ3) is 8.90. The minimum Gasteiger partial charge on any atom is -0.459 e. The summed E-state index contributed by atoms with van der Waals surface area (Å²) in [4.78, 5) is 21.4. The van der Waals surface area contributed by atoms with E-state index >= 15 is 0 Å². The summed E-state index contributed by atoms with van der Waals surface area (Å²) in [6, 6.07) is 11.4. The number of hydrogen-bond acceptors (Lipinski definition) is 10. The van der Waals surface area contributed by atoms with Crippen molar-refractivity contribution < 1.29 is 43.5 Å². The van der Waals surface area contributed by atoms with E-state index in [4.69, 9.17) is 33.7 Å². The molecule has 55 heavy (non-hydrogen) atoms. The van der Waals surface area contributed by atoms with Gasteiger partial charge in [-0.05, 0) is 118 Å². The number of unbranched alkanes of at least 4 members (excludes halogenated alkanes) is 2. The van der Waals surface area contributed by atoms with Gasteiger partial charge in [0, 0.05) is 44.6 Å². The lowest BCUT2D eigenvalue weighted by molar-refractivity contribution is -0.254. The first-order valence-corrected chi connectivity index (χ1v) is 20.2. The van der Waals surface area contributed by atoms with Crippen molar-refractivity contribution in [3.63, 3.8) is 0 Å². The summed E-state index contributed by atoms with van der Waals surface area (Å²) in [6.45, 7) is 11.2. The van der Waals surface area contributed by atoms with Crippen LogP contribution in [0.1, 0.15) is 93.7 Å². The number of hydrogen-bond donors (Lipinski definition) is 2. The molecule has 0 aromatic heterocycles. The number of aliphatic hydroxyl groups is 2. The number of aliphatic hydroxyl groups excluding tert-OH is 2. The van der Waals surface area contributed by atoms with E-state index in [0.29, 0.717) is 30.9 Å². The highest BCUT2D eigenvalue weighted by Gasteiger charge is 2.65. The van der Waals surface area contributed by atoms with Crippen LogP contribution >= 0.6 is 0 Å². The van der Waals surface area contributed by atoms with Crippen molar-refractivity contribution in [1.29, 1.82) is 0 Å². The van der Waals surface area contributed by atoms with Gasteiger partial charge in [0.2, 0.25) is 12.1 Å². The summed E-state index contributed by atoms with van der Waals surface area (Å²) >= 11 is 0. The van der Waals surface area contributed by atoms with Crippen molar-refractivity contribution in [1.82, 2.24) is 4.90 Å². The lowest BCUT2D eigenvalue weighted by Crippen LogP contribution is -2.69. The lowest BCUT2D eigenvalue weighted by atomic mass is 9.55. The Kier molecular flexibility index (Phi) is 13.9. The Morgan fingerprint density at radius 2 is 1.80 bits per heavy atom. The number of ether oxygens (including phenoxy) is 5. The number of allylic oxidation sites excluding steroid dienone is 1. The fourth-order valence-corrected chi connectivity index (χ4v) is 8.97. The molecule has 2 aromatic carbocycles. The highest BCUT2D eigenvalue weighted by Crippen LogP contribution is 2.62. The summed E-state index contributed by atoms with van der Waals surface area (Å²) < 4.78 is 32.2. The molecule has 7 unspecified atom stereocenters. The number of oxime groups is 1. The molecule has 4 aliphatic rings. The number of benzene rings is 2. The van der Waals surface area contributed by atoms with Gasteiger partial charge in [0.15, 0.2) is 0 Å². The second kappa shape index (κ2) is 18.8. The van der Waals surface area contributed by atoms with E-state index in [1.807, 2.05) is 24.3 Å². The molecular formula is C44H60N2O9. The first-order valence-electron chi connectivity index (χ1n) is 20.2. The summed E-state index contributed by atoms with van der Waals surface area (Å²) in [6.07, 6.45) is 10.9. The Morgan fingerprint density at radius 3 is 2.51 bits per heavy atom. The van der Waals surface area contributed by atoms with Gasteiger partial charge in [-0.3, -0.25) is 0 Å². The minimum absolute atomic E-state index is 0.0979. The maximum absolute atomic E-state index is 13.6. The van der Waals surface area contributed by atoms with Gasteiger partial charge in [0.1, 0.15) is 23.3 Å².